The lowest BCUT2D eigenvalue weighted by Gasteiger charge is -2.30. The zero-order valence-electron chi connectivity index (χ0n) is 17.0. The monoisotopic (exact) mass is 377 g/mol. The number of carbonyl (C=O) groups is 1. The Labute approximate surface area is 166 Å². The van der Waals surface area contributed by atoms with E-state index >= 15 is 0 Å². The summed E-state index contributed by atoms with van der Waals surface area (Å²) >= 11 is 0. The van der Waals surface area contributed by atoms with Crippen LogP contribution in [-0.4, -0.2) is 24.0 Å². The SMILES string of the molecule is CC(C)CN1COc2ccc3c(c2C1)O/C(=C\c1ccc(C(C)C)cc1)C3=O. The number of fused-ring (bicyclic) bond motifs is 3. The Hall–Kier alpha value is -2.59. The van der Waals surface area contributed by atoms with Gasteiger partial charge in [0.1, 0.15) is 18.2 Å². The number of hydrogen-bond acceptors (Lipinski definition) is 4. The molecule has 28 heavy (non-hydrogen) atoms. The fraction of sp³-hybridized carbons (Fsp3) is 0.375. The highest BCUT2D eigenvalue weighted by Crippen LogP contribution is 2.42. The first-order valence-corrected chi connectivity index (χ1v) is 9.97. The zero-order chi connectivity index (χ0) is 19.8. The summed E-state index contributed by atoms with van der Waals surface area (Å²) < 4.78 is 12.0. The van der Waals surface area contributed by atoms with Gasteiger partial charge in [-0.3, -0.25) is 9.69 Å². The molecule has 2 aliphatic rings. The van der Waals surface area contributed by atoms with E-state index in [1.54, 1.807) is 0 Å². The van der Waals surface area contributed by atoms with Crippen molar-refractivity contribution in [2.45, 2.75) is 40.2 Å². The molecule has 0 aliphatic carbocycles. The molecule has 0 unspecified atom stereocenters. The van der Waals surface area contributed by atoms with Crippen molar-refractivity contribution < 1.29 is 14.3 Å². The number of hydrogen-bond donors (Lipinski definition) is 0. The molecular weight excluding hydrogens is 350 g/mol. The van der Waals surface area contributed by atoms with Crippen LogP contribution in [0.4, 0.5) is 0 Å². The second kappa shape index (κ2) is 7.44. The lowest BCUT2D eigenvalue weighted by atomic mass is 10.0. The molecule has 0 N–H and O–H groups in total. The number of rotatable bonds is 4. The Morgan fingerprint density at radius 2 is 1.82 bits per heavy atom. The van der Waals surface area contributed by atoms with E-state index in [9.17, 15) is 4.79 Å². The van der Waals surface area contributed by atoms with Crippen molar-refractivity contribution >= 4 is 11.9 Å². The quantitative estimate of drug-likeness (QED) is 0.684. The first kappa shape index (κ1) is 18.8. The molecule has 0 radical (unpaired) electrons. The average Bonchev–Trinajstić information content (AvgIpc) is 2.98. The molecule has 2 aliphatic heterocycles. The third-order valence-corrected chi connectivity index (χ3v) is 5.21. The second-order valence-corrected chi connectivity index (χ2v) is 8.36. The smallest absolute Gasteiger partial charge is 0.231 e. The van der Waals surface area contributed by atoms with Crippen molar-refractivity contribution in [1.29, 1.82) is 0 Å². The average molecular weight is 377 g/mol. The summed E-state index contributed by atoms with van der Waals surface area (Å²) in [5.41, 5.74) is 3.84. The summed E-state index contributed by atoms with van der Waals surface area (Å²) in [6, 6.07) is 12.0. The van der Waals surface area contributed by atoms with Gasteiger partial charge in [0.05, 0.1) is 11.1 Å². The number of nitrogens with zero attached hydrogens (tertiary/aromatic N) is 1. The van der Waals surface area contributed by atoms with Crippen molar-refractivity contribution in [2.24, 2.45) is 5.92 Å². The highest BCUT2D eigenvalue weighted by molar-refractivity contribution is 6.15. The molecule has 4 heteroatoms. The van der Waals surface area contributed by atoms with Crippen molar-refractivity contribution in [3.8, 4) is 11.5 Å². The predicted molar refractivity (Wildman–Crippen MR) is 111 cm³/mol. The first-order valence-electron chi connectivity index (χ1n) is 9.97. The standard InChI is InChI=1S/C24H27NO3/c1-15(2)12-25-13-20-21(27-14-25)10-9-19-23(26)22(28-24(19)20)11-17-5-7-18(8-6-17)16(3)4/h5-11,15-16H,12-14H2,1-4H3/b22-11-. The van der Waals surface area contributed by atoms with Gasteiger partial charge >= 0.3 is 0 Å². The third kappa shape index (κ3) is 3.57. The van der Waals surface area contributed by atoms with Crippen LogP contribution in [0.15, 0.2) is 42.2 Å². The van der Waals surface area contributed by atoms with Gasteiger partial charge in [-0.25, -0.2) is 0 Å². The van der Waals surface area contributed by atoms with Gasteiger partial charge in [-0.05, 0) is 41.2 Å². The van der Waals surface area contributed by atoms with Gasteiger partial charge < -0.3 is 9.47 Å². The van der Waals surface area contributed by atoms with Gasteiger partial charge in [-0.15, -0.1) is 0 Å². The largest absolute Gasteiger partial charge is 0.478 e. The van der Waals surface area contributed by atoms with Crippen LogP contribution in [0.25, 0.3) is 6.08 Å². The van der Waals surface area contributed by atoms with Crippen LogP contribution in [0.2, 0.25) is 0 Å². The summed E-state index contributed by atoms with van der Waals surface area (Å²) in [4.78, 5) is 15.1. The Morgan fingerprint density at radius 3 is 2.50 bits per heavy atom. The minimum atomic E-state index is -0.0632. The predicted octanol–water partition coefficient (Wildman–Crippen LogP) is 5.23. The molecule has 4 nitrogen and oxygen atoms in total. The molecule has 0 saturated heterocycles. The number of Topliss-reactive ketones (excluding diaryl/α,β-unsaturated/α-hetero) is 1. The van der Waals surface area contributed by atoms with E-state index in [-0.39, 0.29) is 5.78 Å². The maximum Gasteiger partial charge on any atom is 0.231 e. The molecular formula is C24H27NO3. The van der Waals surface area contributed by atoms with Gasteiger partial charge in [0.25, 0.3) is 0 Å². The van der Waals surface area contributed by atoms with E-state index in [1.165, 1.54) is 5.56 Å². The highest BCUT2D eigenvalue weighted by Gasteiger charge is 2.33. The van der Waals surface area contributed by atoms with Gasteiger partial charge in [0.2, 0.25) is 5.78 Å². The highest BCUT2D eigenvalue weighted by atomic mass is 16.5. The molecule has 0 atom stereocenters. The number of benzene rings is 2. The van der Waals surface area contributed by atoms with Crippen LogP contribution < -0.4 is 9.47 Å². The zero-order valence-corrected chi connectivity index (χ0v) is 17.0. The van der Waals surface area contributed by atoms with Crippen LogP contribution in [0.1, 0.15) is 60.7 Å². The van der Waals surface area contributed by atoms with Crippen molar-refractivity contribution in [3.63, 3.8) is 0 Å². The molecule has 0 fully saturated rings. The Kier molecular flexibility index (Phi) is 4.98. The minimum absolute atomic E-state index is 0.0632. The first-order chi connectivity index (χ1) is 13.4. The molecule has 0 saturated carbocycles. The van der Waals surface area contributed by atoms with Crippen LogP contribution in [0.5, 0.6) is 11.5 Å². The molecule has 2 heterocycles. The number of ether oxygens (including phenoxy) is 2. The molecule has 2 aromatic rings. The van der Waals surface area contributed by atoms with Gasteiger partial charge in [-0.1, -0.05) is 52.0 Å². The van der Waals surface area contributed by atoms with E-state index < -0.39 is 0 Å². The molecule has 0 bridgehead atoms. The summed E-state index contributed by atoms with van der Waals surface area (Å²) in [7, 11) is 0. The normalized spacial score (nSPS) is 17.6. The lowest BCUT2D eigenvalue weighted by Crippen LogP contribution is -2.34. The Morgan fingerprint density at radius 1 is 1.07 bits per heavy atom. The Balaban J connectivity index is 1.62. The maximum absolute atomic E-state index is 12.9. The van der Waals surface area contributed by atoms with Gasteiger partial charge in [0, 0.05) is 13.1 Å². The fourth-order valence-electron chi connectivity index (χ4n) is 3.77. The van der Waals surface area contributed by atoms with E-state index in [4.69, 9.17) is 9.47 Å². The van der Waals surface area contributed by atoms with E-state index in [2.05, 4.69) is 44.7 Å². The molecule has 0 amide bonds. The van der Waals surface area contributed by atoms with Gasteiger partial charge in [0.15, 0.2) is 5.76 Å². The molecule has 0 aromatic heterocycles. The third-order valence-electron chi connectivity index (χ3n) is 5.21. The lowest BCUT2D eigenvalue weighted by molar-refractivity contribution is 0.0832. The summed E-state index contributed by atoms with van der Waals surface area (Å²) in [5.74, 6) is 2.81. The van der Waals surface area contributed by atoms with E-state index in [1.807, 2.05) is 30.3 Å². The molecule has 146 valence electrons. The Bertz CT molecular complexity index is 926. The molecule has 0 spiro atoms. The van der Waals surface area contributed by atoms with Crippen LogP contribution in [0.3, 0.4) is 0 Å². The summed E-state index contributed by atoms with van der Waals surface area (Å²) in [6.45, 7) is 11.0. The number of allylic oxidation sites excluding steroid dienone is 1. The second-order valence-electron chi connectivity index (χ2n) is 8.36. The number of carbonyl (C=O) groups excluding carboxylic acids is 1. The van der Waals surface area contributed by atoms with Crippen LogP contribution in [0, 0.1) is 5.92 Å². The van der Waals surface area contributed by atoms with E-state index in [0.29, 0.717) is 35.6 Å². The minimum Gasteiger partial charge on any atom is -0.478 e. The van der Waals surface area contributed by atoms with Gasteiger partial charge in [-0.2, -0.15) is 0 Å². The van der Waals surface area contributed by atoms with Crippen molar-refractivity contribution in [3.05, 3.63) is 64.4 Å². The van der Waals surface area contributed by atoms with Crippen molar-refractivity contribution in [1.82, 2.24) is 4.90 Å². The summed E-state index contributed by atoms with van der Waals surface area (Å²) in [5, 5.41) is 0. The molecule has 2 aromatic carbocycles. The van der Waals surface area contributed by atoms with E-state index in [0.717, 1.165) is 30.0 Å². The number of ketones is 1. The maximum atomic E-state index is 12.9. The topological polar surface area (TPSA) is 38.8 Å². The van der Waals surface area contributed by atoms with Crippen LogP contribution >= 0.6 is 0 Å². The molecule has 4 rings (SSSR count). The summed E-state index contributed by atoms with van der Waals surface area (Å²) in [6.07, 6.45) is 1.83. The van der Waals surface area contributed by atoms with Crippen molar-refractivity contribution in [2.75, 3.05) is 13.3 Å². The van der Waals surface area contributed by atoms with Crippen LogP contribution in [-0.2, 0) is 6.54 Å². The fourth-order valence-corrected chi connectivity index (χ4v) is 3.77.